The fourth-order valence-electron chi connectivity index (χ4n) is 5.43. The third-order valence-electron chi connectivity index (χ3n) is 7.07. The van der Waals surface area contributed by atoms with Crippen molar-refractivity contribution >= 4 is 5.97 Å². The Morgan fingerprint density at radius 1 is 1.22 bits per heavy atom. The van der Waals surface area contributed by atoms with Crippen molar-refractivity contribution in [3.8, 4) is 0 Å². The van der Waals surface area contributed by atoms with Gasteiger partial charge in [-0.1, -0.05) is 6.07 Å². The van der Waals surface area contributed by atoms with Gasteiger partial charge in [-0.15, -0.1) is 0 Å². The van der Waals surface area contributed by atoms with Crippen molar-refractivity contribution in [2.45, 2.75) is 50.7 Å². The summed E-state index contributed by atoms with van der Waals surface area (Å²) in [6, 6.07) is 6.55. The first-order valence-corrected chi connectivity index (χ1v) is 10.3. The van der Waals surface area contributed by atoms with Crippen LogP contribution in [0.2, 0.25) is 0 Å². The maximum absolute atomic E-state index is 11.5. The normalized spacial score (nSPS) is 28.0. The Bertz CT molecular complexity index is 637. The summed E-state index contributed by atoms with van der Waals surface area (Å²) in [4.78, 5) is 23.1. The first-order valence-electron chi connectivity index (χ1n) is 10.3. The number of carbonyl (C=O) groups is 1. The summed E-state index contributed by atoms with van der Waals surface area (Å²) in [5, 5.41) is 9.42. The number of carboxylic acids is 1. The molecule has 3 aliphatic heterocycles. The molecule has 0 saturated carbocycles. The Morgan fingerprint density at radius 3 is 2.56 bits per heavy atom. The Morgan fingerprint density at radius 2 is 1.96 bits per heavy atom. The molecule has 3 fully saturated rings. The van der Waals surface area contributed by atoms with Gasteiger partial charge in [0.15, 0.2) is 0 Å². The lowest BCUT2D eigenvalue weighted by atomic mass is 9.76. The van der Waals surface area contributed by atoms with Crippen LogP contribution in [0.15, 0.2) is 24.4 Å². The van der Waals surface area contributed by atoms with Crippen LogP contribution in [0.25, 0.3) is 0 Å². The molecular weight excluding hydrogens is 340 g/mol. The number of nitrogens with zero attached hydrogens (tertiary/aromatic N) is 4. The van der Waals surface area contributed by atoms with Crippen molar-refractivity contribution in [2.24, 2.45) is 5.41 Å². The minimum Gasteiger partial charge on any atom is -0.480 e. The van der Waals surface area contributed by atoms with Gasteiger partial charge in [0.25, 0.3) is 0 Å². The highest BCUT2D eigenvalue weighted by Crippen LogP contribution is 2.43. The van der Waals surface area contributed by atoms with Gasteiger partial charge < -0.3 is 10.0 Å². The summed E-state index contributed by atoms with van der Waals surface area (Å²) in [6.07, 6.45) is 7.47. The second kappa shape index (κ2) is 7.86. The van der Waals surface area contributed by atoms with Crippen molar-refractivity contribution in [1.82, 2.24) is 19.7 Å². The molecule has 27 heavy (non-hydrogen) atoms. The van der Waals surface area contributed by atoms with Crippen LogP contribution in [-0.2, 0) is 11.3 Å². The number of likely N-dealkylation sites (tertiary alicyclic amines) is 3. The lowest BCUT2D eigenvalue weighted by molar-refractivity contribution is -0.141. The summed E-state index contributed by atoms with van der Waals surface area (Å²) >= 11 is 0. The molecule has 1 N–H and O–H groups in total. The van der Waals surface area contributed by atoms with Gasteiger partial charge >= 0.3 is 5.97 Å². The van der Waals surface area contributed by atoms with Gasteiger partial charge in [-0.2, -0.15) is 0 Å². The van der Waals surface area contributed by atoms with Crippen LogP contribution in [0.1, 0.15) is 37.8 Å². The van der Waals surface area contributed by atoms with E-state index >= 15 is 0 Å². The number of piperidine rings is 2. The SMILES string of the molecule is CN1CC2(CCN(C3CCN(Cc4ccccn4)CC3)CC2)C[C@H]1C(=O)O. The van der Waals surface area contributed by atoms with Crippen LogP contribution in [0.4, 0.5) is 0 Å². The van der Waals surface area contributed by atoms with E-state index in [1.807, 2.05) is 24.2 Å². The average Bonchev–Trinajstić information content (AvgIpc) is 3.00. The van der Waals surface area contributed by atoms with E-state index in [9.17, 15) is 9.90 Å². The van der Waals surface area contributed by atoms with Gasteiger partial charge in [0.1, 0.15) is 6.04 Å². The summed E-state index contributed by atoms with van der Waals surface area (Å²) in [5.41, 5.74) is 1.39. The molecule has 3 aliphatic rings. The molecule has 0 unspecified atom stereocenters. The third kappa shape index (κ3) is 4.18. The van der Waals surface area contributed by atoms with Gasteiger partial charge in [0, 0.05) is 38.4 Å². The van der Waals surface area contributed by atoms with E-state index in [4.69, 9.17) is 0 Å². The van der Waals surface area contributed by atoms with Crippen LogP contribution in [-0.4, -0.2) is 82.6 Å². The number of likely N-dealkylation sites (N-methyl/N-ethyl adjacent to an activating group) is 1. The molecule has 4 rings (SSSR count). The van der Waals surface area contributed by atoms with Crippen molar-refractivity contribution in [3.63, 3.8) is 0 Å². The largest absolute Gasteiger partial charge is 0.480 e. The Hall–Kier alpha value is -1.50. The Kier molecular flexibility index (Phi) is 5.48. The molecule has 6 heteroatoms. The quantitative estimate of drug-likeness (QED) is 0.871. The van der Waals surface area contributed by atoms with Crippen molar-refractivity contribution in [1.29, 1.82) is 0 Å². The highest BCUT2D eigenvalue weighted by Gasteiger charge is 2.47. The van der Waals surface area contributed by atoms with Crippen LogP contribution >= 0.6 is 0 Å². The number of aromatic nitrogens is 1. The second-order valence-corrected chi connectivity index (χ2v) is 8.84. The van der Waals surface area contributed by atoms with Crippen molar-refractivity contribution in [3.05, 3.63) is 30.1 Å². The molecule has 0 bridgehead atoms. The Labute approximate surface area is 162 Å². The highest BCUT2D eigenvalue weighted by molar-refractivity contribution is 5.74. The molecule has 0 aromatic carbocycles. The third-order valence-corrected chi connectivity index (χ3v) is 7.07. The molecule has 3 saturated heterocycles. The first-order chi connectivity index (χ1) is 13.0. The molecule has 1 atom stereocenters. The number of hydrogen-bond donors (Lipinski definition) is 1. The minimum absolute atomic E-state index is 0.230. The van der Waals surface area contributed by atoms with E-state index < -0.39 is 5.97 Å². The van der Waals surface area contributed by atoms with Crippen LogP contribution in [0.3, 0.4) is 0 Å². The zero-order valence-electron chi connectivity index (χ0n) is 16.4. The fourth-order valence-corrected chi connectivity index (χ4v) is 5.43. The summed E-state index contributed by atoms with van der Waals surface area (Å²) in [6.45, 7) is 6.45. The standard InChI is InChI=1S/C21H32N4O2/c1-23-16-21(14-19(23)20(26)27)7-12-25(13-8-21)18-5-10-24(11-6-18)15-17-4-2-3-9-22-17/h2-4,9,18-19H,5-8,10-16H2,1H3,(H,26,27)/t19-/m0/s1. The first kappa shape index (κ1) is 18.8. The van der Waals surface area contributed by atoms with E-state index in [0.29, 0.717) is 6.04 Å². The molecule has 1 spiro atoms. The van der Waals surface area contributed by atoms with Gasteiger partial charge in [0.2, 0.25) is 0 Å². The summed E-state index contributed by atoms with van der Waals surface area (Å²) in [7, 11) is 1.97. The maximum atomic E-state index is 11.5. The number of pyridine rings is 1. The molecule has 148 valence electrons. The molecule has 0 radical (unpaired) electrons. The summed E-state index contributed by atoms with van der Waals surface area (Å²) < 4.78 is 0. The van der Waals surface area contributed by atoms with Crippen molar-refractivity contribution in [2.75, 3.05) is 39.8 Å². The van der Waals surface area contributed by atoms with E-state index in [-0.39, 0.29) is 11.5 Å². The van der Waals surface area contributed by atoms with E-state index in [2.05, 4.69) is 26.9 Å². The van der Waals surface area contributed by atoms with Gasteiger partial charge in [0.05, 0.1) is 5.69 Å². The average molecular weight is 373 g/mol. The van der Waals surface area contributed by atoms with Crippen molar-refractivity contribution < 1.29 is 9.90 Å². The molecule has 0 amide bonds. The van der Waals surface area contributed by atoms with Gasteiger partial charge in [-0.05, 0) is 69.8 Å². The minimum atomic E-state index is -0.655. The Balaban J connectivity index is 1.25. The zero-order chi connectivity index (χ0) is 18.9. The molecular formula is C21H32N4O2. The van der Waals surface area contributed by atoms with Gasteiger partial charge in [-0.3, -0.25) is 19.6 Å². The maximum Gasteiger partial charge on any atom is 0.320 e. The molecule has 1 aromatic rings. The topological polar surface area (TPSA) is 59.9 Å². The highest BCUT2D eigenvalue weighted by atomic mass is 16.4. The predicted molar refractivity (Wildman–Crippen MR) is 104 cm³/mol. The number of aliphatic carboxylic acids is 1. The van der Waals surface area contributed by atoms with E-state index in [0.717, 1.165) is 64.2 Å². The lowest BCUT2D eigenvalue weighted by Gasteiger charge is -2.45. The monoisotopic (exact) mass is 372 g/mol. The summed E-state index contributed by atoms with van der Waals surface area (Å²) in [5.74, 6) is -0.655. The van der Waals surface area contributed by atoms with E-state index in [1.54, 1.807) is 0 Å². The van der Waals surface area contributed by atoms with Gasteiger partial charge in [-0.25, -0.2) is 0 Å². The molecule has 6 nitrogen and oxygen atoms in total. The lowest BCUT2D eigenvalue weighted by Crippen LogP contribution is -2.50. The number of carboxylic acid groups (broad SMARTS) is 1. The molecule has 0 aliphatic carbocycles. The smallest absolute Gasteiger partial charge is 0.320 e. The van der Waals surface area contributed by atoms with Crippen LogP contribution < -0.4 is 0 Å². The number of hydrogen-bond acceptors (Lipinski definition) is 5. The molecule has 1 aromatic heterocycles. The van der Waals surface area contributed by atoms with Crippen LogP contribution in [0.5, 0.6) is 0 Å². The second-order valence-electron chi connectivity index (χ2n) is 8.84. The van der Waals surface area contributed by atoms with E-state index in [1.165, 1.54) is 12.8 Å². The number of rotatable bonds is 4. The predicted octanol–water partition coefficient (Wildman–Crippen LogP) is 1.92. The fraction of sp³-hybridized carbons (Fsp3) is 0.714. The zero-order valence-corrected chi connectivity index (χ0v) is 16.4. The molecule has 4 heterocycles. The van der Waals surface area contributed by atoms with Crippen LogP contribution in [0, 0.1) is 5.41 Å².